The van der Waals surface area contributed by atoms with Gasteiger partial charge in [0.1, 0.15) is 23.8 Å². The van der Waals surface area contributed by atoms with Crippen molar-refractivity contribution in [2.24, 2.45) is 0 Å². The van der Waals surface area contributed by atoms with E-state index in [2.05, 4.69) is 0 Å². The zero-order valence-electron chi connectivity index (χ0n) is 18.5. The fraction of sp³-hybridized carbons (Fsp3) is 0.440. The van der Waals surface area contributed by atoms with Crippen LogP contribution in [0.2, 0.25) is 5.02 Å². The Labute approximate surface area is 198 Å². The van der Waals surface area contributed by atoms with Gasteiger partial charge in [0, 0.05) is 30.2 Å². The highest BCUT2D eigenvalue weighted by atomic mass is 35.5. The highest BCUT2D eigenvalue weighted by molar-refractivity contribution is 6.30. The Morgan fingerprint density at radius 3 is 2.58 bits per heavy atom. The van der Waals surface area contributed by atoms with Crippen molar-refractivity contribution in [2.75, 3.05) is 39.4 Å². The minimum absolute atomic E-state index is 0.00977. The van der Waals surface area contributed by atoms with Crippen LogP contribution in [-0.2, 0) is 9.53 Å². The Morgan fingerprint density at radius 1 is 1.03 bits per heavy atom. The highest BCUT2D eigenvalue weighted by Crippen LogP contribution is 2.28. The van der Waals surface area contributed by atoms with E-state index in [1.807, 2.05) is 4.90 Å². The molecule has 33 heavy (non-hydrogen) atoms. The van der Waals surface area contributed by atoms with Crippen molar-refractivity contribution in [1.82, 2.24) is 9.80 Å². The molecule has 0 spiro atoms. The lowest BCUT2D eigenvalue weighted by atomic mass is 9.95. The molecule has 4 rings (SSSR count). The zero-order valence-corrected chi connectivity index (χ0v) is 19.2. The number of carbonyl (C=O) groups is 2. The Bertz CT molecular complexity index is 998. The van der Waals surface area contributed by atoms with E-state index in [4.69, 9.17) is 21.1 Å². The maximum absolute atomic E-state index is 13.7. The first-order valence-corrected chi connectivity index (χ1v) is 11.7. The Balaban J connectivity index is 1.53. The van der Waals surface area contributed by atoms with E-state index >= 15 is 0 Å². The van der Waals surface area contributed by atoms with Crippen molar-refractivity contribution < 1.29 is 23.5 Å². The van der Waals surface area contributed by atoms with E-state index in [1.165, 1.54) is 18.2 Å². The minimum atomic E-state index is -1.02. The number of carbonyl (C=O) groups excluding carboxylic acids is 2. The highest BCUT2D eigenvalue weighted by Gasteiger charge is 2.42. The van der Waals surface area contributed by atoms with Crippen LogP contribution in [0.4, 0.5) is 4.39 Å². The molecule has 0 N–H and O–H groups in total. The first kappa shape index (κ1) is 23.5. The second-order valence-electron chi connectivity index (χ2n) is 8.63. The summed E-state index contributed by atoms with van der Waals surface area (Å²) in [6, 6.07) is 12.6. The van der Waals surface area contributed by atoms with E-state index in [9.17, 15) is 14.0 Å². The van der Waals surface area contributed by atoms with Crippen LogP contribution in [-0.4, -0.2) is 66.6 Å². The number of nitrogens with zero attached hydrogens (tertiary/aromatic N) is 2. The van der Waals surface area contributed by atoms with Gasteiger partial charge in [-0.05, 0) is 55.7 Å². The third-order valence-corrected chi connectivity index (χ3v) is 6.32. The number of likely N-dealkylation sites (tertiary alicyclic amines) is 1. The van der Waals surface area contributed by atoms with Crippen molar-refractivity contribution >= 4 is 23.4 Å². The molecule has 0 aromatic heterocycles. The van der Waals surface area contributed by atoms with Crippen molar-refractivity contribution in [3.63, 3.8) is 0 Å². The van der Waals surface area contributed by atoms with Crippen molar-refractivity contribution in [3.8, 4) is 5.75 Å². The first-order chi connectivity index (χ1) is 15.9. The van der Waals surface area contributed by atoms with Crippen LogP contribution in [0.1, 0.15) is 36.0 Å². The van der Waals surface area contributed by atoms with Gasteiger partial charge in [-0.3, -0.25) is 9.59 Å². The molecular formula is C25H28ClFN2O4. The van der Waals surface area contributed by atoms with Gasteiger partial charge in [-0.1, -0.05) is 23.7 Å². The summed E-state index contributed by atoms with van der Waals surface area (Å²) in [7, 11) is 0. The lowest BCUT2D eigenvalue weighted by molar-refractivity contribution is -0.153. The smallest absolute Gasteiger partial charge is 0.254 e. The van der Waals surface area contributed by atoms with E-state index < -0.39 is 11.4 Å². The molecule has 2 fully saturated rings. The van der Waals surface area contributed by atoms with Crippen LogP contribution in [0.3, 0.4) is 0 Å². The fourth-order valence-electron chi connectivity index (χ4n) is 4.37. The number of benzene rings is 2. The molecule has 2 heterocycles. The molecule has 1 atom stereocenters. The van der Waals surface area contributed by atoms with Crippen molar-refractivity contribution in [2.45, 2.75) is 31.3 Å². The van der Waals surface area contributed by atoms with Gasteiger partial charge < -0.3 is 19.3 Å². The maximum Gasteiger partial charge on any atom is 0.254 e. The molecule has 6 nitrogen and oxygen atoms in total. The summed E-state index contributed by atoms with van der Waals surface area (Å²) in [4.78, 5) is 29.7. The van der Waals surface area contributed by atoms with Crippen molar-refractivity contribution in [1.29, 1.82) is 0 Å². The first-order valence-electron chi connectivity index (χ1n) is 11.3. The number of halogens is 2. The summed E-state index contributed by atoms with van der Waals surface area (Å²) in [6.07, 6.45) is 3.20. The Hall–Kier alpha value is -2.64. The average molecular weight is 475 g/mol. The lowest BCUT2D eigenvalue weighted by Crippen LogP contribution is -2.58. The molecule has 0 aliphatic carbocycles. The standard InChI is InChI=1S/C25H28ClFN2O4/c26-20-7-5-9-22(15-20)32-18-25(16-23(30)28-10-2-1-3-11-28)17-29(12-13-33-25)24(31)19-6-4-8-21(27)14-19/h4-9,14-15H,1-3,10-13,16-18H2/t25-/m1/s1. The van der Waals surface area contributed by atoms with Gasteiger partial charge in [0.25, 0.3) is 5.91 Å². The van der Waals surface area contributed by atoms with E-state index in [-0.39, 0.29) is 43.6 Å². The molecule has 0 radical (unpaired) electrons. The fourth-order valence-corrected chi connectivity index (χ4v) is 4.55. The topological polar surface area (TPSA) is 59.1 Å². The minimum Gasteiger partial charge on any atom is -0.490 e. The number of hydrogen-bond donors (Lipinski definition) is 0. The van der Waals surface area contributed by atoms with Gasteiger partial charge in [0.15, 0.2) is 0 Å². The van der Waals surface area contributed by atoms with Crippen LogP contribution < -0.4 is 4.74 Å². The number of hydrogen-bond acceptors (Lipinski definition) is 4. The Morgan fingerprint density at radius 2 is 1.82 bits per heavy atom. The summed E-state index contributed by atoms with van der Waals surface area (Å²) < 4.78 is 25.8. The van der Waals surface area contributed by atoms with E-state index in [0.29, 0.717) is 17.3 Å². The summed E-state index contributed by atoms with van der Waals surface area (Å²) in [5.41, 5.74) is -0.748. The number of ether oxygens (including phenoxy) is 2. The molecule has 2 aromatic carbocycles. The maximum atomic E-state index is 13.7. The molecule has 8 heteroatoms. The normalized spacial score (nSPS) is 21.0. The molecule has 0 unspecified atom stereocenters. The van der Waals surface area contributed by atoms with E-state index in [1.54, 1.807) is 35.2 Å². The number of rotatable bonds is 6. The summed E-state index contributed by atoms with van der Waals surface area (Å²) in [6.45, 7) is 2.33. The number of morpholine rings is 1. The molecule has 2 saturated heterocycles. The quantitative estimate of drug-likeness (QED) is 0.630. The van der Waals surface area contributed by atoms with Gasteiger partial charge in [0.05, 0.1) is 19.6 Å². The molecule has 0 saturated carbocycles. The molecule has 2 aliphatic heterocycles. The summed E-state index contributed by atoms with van der Waals surface area (Å²) in [5, 5.41) is 0.540. The average Bonchev–Trinajstić information content (AvgIpc) is 2.83. The van der Waals surface area contributed by atoms with E-state index in [0.717, 1.165) is 32.4 Å². The lowest BCUT2D eigenvalue weighted by Gasteiger charge is -2.43. The van der Waals surface area contributed by atoms with Gasteiger partial charge in [-0.25, -0.2) is 4.39 Å². The zero-order chi connectivity index (χ0) is 23.3. The largest absolute Gasteiger partial charge is 0.490 e. The predicted octanol–water partition coefficient (Wildman–Crippen LogP) is 4.17. The second kappa shape index (κ2) is 10.5. The van der Waals surface area contributed by atoms with Crippen LogP contribution in [0, 0.1) is 5.82 Å². The van der Waals surface area contributed by atoms with Gasteiger partial charge in [-0.2, -0.15) is 0 Å². The number of piperidine rings is 1. The molecule has 2 aliphatic rings. The van der Waals surface area contributed by atoms with Crippen LogP contribution in [0.25, 0.3) is 0 Å². The molecule has 2 aromatic rings. The molecular weight excluding hydrogens is 447 g/mol. The van der Waals surface area contributed by atoms with Crippen LogP contribution in [0.5, 0.6) is 5.75 Å². The second-order valence-corrected chi connectivity index (χ2v) is 9.07. The Kier molecular flexibility index (Phi) is 7.50. The van der Waals surface area contributed by atoms with Gasteiger partial charge in [-0.15, -0.1) is 0 Å². The molecule has 176 valence electrons. The third-order valence-electron chi connectivity index (χ3n) is 6.09. The monoisotopic (exact) mass is 474 g/mol. The van der Waals surface area contributed by atoms with Crippen molar-refractivity contribution in [3.05, 3.63) is 64.9 Å². The third kappa shape index (κ3) is 6.03. The molecule has 2 amide bonds. The van der Waals surface area contributed by atoms with Gasteiger partial charge >= 0.3 is 0 Å². The van der Waals surface area contributed by atoms with Crippen LogP contribution >= 0.6 is 11.6 Å². The SMILES string of the molecule is O=C(C[C@]1(COc2cccc(Cl)c2)CN(C(=O)c2cccc(F)c2)CCO1)N1CCCCC1. The predicted molar refractivity (Wildman–Crippen MR) is 123 cm³/mol. The van der Waals surface area contributed by atoms with Gasteiger partial charge in [0.2, 0.25) is 5.91 Å². The summed E-state index contributed by atoms with van der Waals surface area (Å²) in [5.74, 6) is -0.214. The molecule has 0 bridgehead atoms. The number of amides is 2. The van der Waals surface area contributed by atoms with Crippen LogP contribution in [0.15, 0.2) is 48.5 Å². The summed E-state index contributed by atoms with van der Waals surface area (Å²) >= 11 is 6.08.